The molecule has 2 aromatic carbocycles. The van der Waals surface area contributed by atoms with Crippen LogP contribution < -0.4 is 18.9 Å². The largest absolute Gasteiger partial charge is 0.493 e. The highest BCUT2D eigenvalue weighted by molar-refractivity contribution is 6.01. The molecule has 1 aliphatic heterocycles. The van der Waals surface area contributed by atoms with E-state index in [9.17, 15) is 19.7 Å². The van der Waals surface area contributed by atoms with Crippen molar-refractivity contribution in [3.63, 3.8) is 0 Å². The quantitative estimate of drug-likeness (QED) is 0.204. The van der Waals surface area contributed by atoms with E-state index in [1.165, 1.54) is 14.2 Å². The number of carbonyl (C=O) groups excluding carboxylic acids is 2. The number of fused-ring (bicyclic) bond motifs is 1. The number of aromatic nitrogens is 1. The van der Waals surface area contributed by atoms with E-state index in [2.05, 4.69) is 0 Å². The first-order chi connectivity index (χ1) is 16.7. The Hall–Kier alpha value is -4.54. The van der Waals surface area contributed by atoms with Crippen LogP contribution in [0, 0.1) is 24.0 Å². The number of carbonyl (C=O) groups is 2. The molecule has 2 heterocycles. The molecule has 11 heteroatoms. The predicted octanol–water partition coefficient (Wildman–Crippen LogP) is 3.79. The van der Waals surface area contributed by atoms with Gasteiger partial charge >= 0.3 is 5.97 Å². The summed E-state index contributed by atoms with van der Waals surface area (Å²) in [5, 5.41) is 11.5. The number of Topliss-reactive ketones (excluding diaryl/α,β-unsaturated/α-hetero) is 1. The number of nitrogens with zero attached hydrogens (tertiary/aromatic N) is 2. The second-order valence-electron chi connectivity index (χ2n) is 7.64. The van der Waals surface area contributed by atoms with Crippen LogP contribution in [0.3, 0.4) is 0 Å². The number of nitro benzene ring substituents is 1. The highest BCUT2D eigenvalue weighted by Gasteiger charge is 2.27. The molecule has 0 saturated carbocycles. The van der Waals surface area contributed by atoms with E-state index in [1.54, 1.807) is 19.1 Å². The third-order valence-corrected chi connectivity index (χ3v) is 5.60. The van der Waals surface area contributed by atoms with Gasteiger partial charge in [-0.15, -0.1) is 0 Å². The van der Waals surface area contributed by atoms with Crippen LogP contribution in [0.1, 0.15) is 32.1 Å². The van der Waals surface area contributed by atoms with Crippen LogP contribution in [-0.2, 0) is 4.74 Å². The molecule has 4 rings (SSSR count). The molecule has 0 amide bonds. The van der Waals surface area contributed by atoms with Gasteiger partial charge in [-0.05, 0) is 32.0 Å². The Bertz CT molecular complexity index is 1340. The minimum absolute atomic E-state index is 0.0859. The maximum atomic E-state index is 12.9. The van der Waals surface area contributed by atoms with E-state index in [-0.39, 0.29) is 23.9 Å². The first-order valence-electron chi connectivity index (χ1n) is 10.4. The van der Waals surface area contributed by atoms with E-state index in [4.69, 9.17) is 23.7 Å². The molecule has 0 spiro atoms. The summed E-state index contributed by atoms with van der Waals surface area (Å²) in [4.78, 5) is 36.3. The van der Waals surface area contributed by atoms with Crippen molar-refractivity contribution in [2.75, 3.05) is 27.6 Å². The van der Waals surface area contributed by atoms with Crippen LogP contribution in [0.25, 0.3) is 5.69 Å². The molecule has 0 radical (unpaired) electrons. The lowest BCUT2D eigenvalue weighted by Crippen LogP contribution is -2.16. The number of aryl methyl sites for hydroxylation is 1. The van der Waals surface area contributed by atoms with Gasteiger partial charge in [0.05, 0.1) is 25.2 Å². The normalized spacial score (nSPS) is 11.8. The van der Waals surface area contributed by atoms with Crippen LogP contribution in [0.5, 0.6) is 23.0 Å². The van der Waals surface area contributed by atoms with Gasteiger partial charge in [-0.2, -0.15) is 0 Å². The smallest absolute Gasteiger partial charge is 0.345 e. The minimum Gasteiger partial charge on any atom is -0.493 e. The maximum Gasteiger partial charge on any atom is 0.345 e. The summed E-state index contributed by atoms with van der Waals surface area (Å²) < 4.78 is 28.0. The lowest BCUT2D eigenvalue weighted by atomic mass is 10.1. The Morgan fingerprint density at radius 1 is 1.00 bits per heavy atom. The number of ketones is 1. The van der Waals surface area contributed by atoms with Gasteiger partial charge in [0.1, 0.15) is 5.56 Å². The highest BCUT2D eigenvalue weighted by Crippen LogP contribution is 2.36. The summed E-state index contributed by atoms with van der Waals surface area (Å²) in [5.74, 6) is -0.0411. The van der Waals surface area contributed by atoms with Crippen molar-refractivity contribution in [3.05, 3.63) is 69.0 Å². The number of nitro groups is 1. The number of hydrogen-bond donors (Lipinski definition) is 0. The summed E-state index contributed by atoms with van der Waals surface area (Å²) in [6.45, 7) is 3.16. The van der Waals surface area contributed by atoms with Gasteiger partial charge in [0.15, 0.2) is 29.6 Å². The zero-order valence-corrected chi connectivity index (χ0v) is 19.4. The fourth-order valence-electron chi connectivity index (χ4n) is 3.94. The van der Waals surface area contributed by atoms with Gasteiger partial charge in [0.25, 0.3) is 5.69 Å². The average molecular weight is 482 g/mol. The third kappa shape index (κ3) is 4.35. The maximum absolute atomic E-state index is 12.9. The standard InChI is InChI=1S/C24H22N2O9/c1-13-7-16(14(2)25(13)15-5-6-20-23(8-15)35-12-34-20)19(27)11-33-24(28)17-9-21(31-3)22(32-4)10-18(17)26(29)30/h5-10H,11-12H2,1-4H3. The molecule has 3 aromatic rings. The zero-order chi connectivity index (χ0) is 25.3. The number of rotatable bonds is 8. The van der Waals surface area contributed by atoms with Crippen molar-refractivity contribution >= 4 is 17.4 Å². The molecule has 0 bridgehead atoms. The predicted molar refractivity (Wildman–Crippen MR) is 122 cm³/mol. The molecule has 1 aromatic heterocycles. The number of esters is 1. The second kappa shape index (κ2) is 9.37. The van der Waals surface area contributed by atoms with E-state index >= 15 is 0 Å². The summed E-state index contributed by atoms with van der Waals surface area (Å²) in [6, 6.07) is 9.35. The Morgan fingerprint density at radius 2 is 1.69 bits per heavy atom. The van der Waals surface area contributed by atoms with Crippen molar-refractivity contribution < 1.29 is 38.2 Å². The molecule has 0 aliphatic carbocycles. The average Bonchev–Trinajstić information content (AvgIpc) is 3.44. The topological polar surface area (TPSA) is 128 Å². The van der Waals surface area contributed by atoms with Crippen molar-refractivity contribution in [1.82, 2.24) is 4.57 Å². The second-order valence-corrected chi connectivity index (χ2v) is 7.64. The molecular weight excluding hydrogens is 460 g/mol. The molecular formula is C24H22N2O9. The molecule has 0 saturated heterocycles. The van der Waals surface area contributed by atoms with E-state index < -0.39 is 29.0 Å². The van der Waals surface area contributed by atoms with E-state index in [1.807, 2.05) is 23.6 Å². The minimum atomic E-state index is -1.03. The molecule has 35 heavy (non-hydrogen) atoms. The molecule has 182 valence electrons. The molecule has 11 nitrogen and oxygen atoms in total. The molecule has 0 N–H and O–H groups in total. The number of methoxy groups -OCH3 is 2. The van der Waals surface area contributed by atoms with Gasteiger partial charge in [0, 0.05) is 34.8 Å². The number of ether oxygens (including phenoxy) is 5. The van der Waals surface area contributed by atoms with Gasteiger partial charge in [0.2, 0.25) is 12.6 Å². The van der Waals surface area contributed by atoms with Crippen LogP contribution in [0.2, 0.25) is 0 Å². The van der Waals surface area contributed by atoms with Gasteiger partial charge in [-0.25, -0.2) is 4.79 Å². The van der Waals surface area contributed by atoms with Crippen molar-refractivity contribution in [3.8, 4) is 28.7 Å². The fourth-order valence-corrected chi connectivity index (χ4v) is 3.94. The highest BCUT2D eigenvalue weighted by atomic mass is 16.7. The Balaban J connectivity index is 1.55. The summed E-state index contributed by atoms with van der Waals surface area (Å²) in [5.41, 5.74) is 1.68. The number of benzene rings is 2. The van der Waals surface area contributed by atoms with Crippen molar-refractivity contribution in [2.24, 2.45) is 0 Å². The summed E-state index contributed by atoms with van der Waals surface area (Å²) >= 11 is 0. The Morgan fingerprint density at radius 3 is 2.37 bits per heavy atom. The third-order valence-electron chi connectivity index (χ3n) is 5.60. The fraction of sp³-hybridized carbons (Fsp3) is 0.250. The monoisotopic (exact) mass is 482 g/mol. The van der Waals surface area contributed by atoms with Crippen LogP contribution in [0.15, 0.2) is 36.4 Å². The van der Waals surface area contributed by atoms with Crippen LogP contribution in [0.4, 0.5) is 5.69 Å². The Labute approximate surface area is 199 Å². The molecule has 0 unspecified atom stereocenters. The van der Waals surface area contributed by atoms with Crippen molar-refractivity contribution in [1.29, 1.82) is 0 Å². The first kappa shape index (κ1) is 23.6. The van der Waals surface area contributed by atoms with Gasteiger partial charge in [-0.1, -0.05) is 0 Å². The summed E-state index contributed by atoms with van der Waals surface area (Å²) in [6.07, 6.45) is 0. The summed E-state index contributed by atoms with van der Waals surface area (Å²) in [7, 11) is 2.65. The van der Waals surface area contributed by atoms with Crippen LogP contribution in [-0.4, -0.2) is 48.9 Å². The van der Waals surface area contributed by atoms with E-state index in [0.717, 1.165) is 23.5 Å². The van der Waals surface area contributed by atoms with Crippen LogP contribution >= 0.6 is 0 Å². The lowest BCUT2D eigenvalue weighted by molar-refractivity contribution is -0.385. The molecule has 1 aliphatic rings. The molecule has 0 atom stereocenters. The van der Waals surface area contributed by atoms with Gasteiger partial charge in [-0.3, -0.25) is 14.9 Å². The first-order valence-corrected chi connectivity index (χ1v) is 10.4. The lowest BCUT2D eigenvalue weighted by Gasteiger charge is -2.11. The van der Waals surface area contributed by atoms with Gasteiger partial charge < -0.3 is 28.3 Å². The SMILES string of the molecule is COc1cc(C(=O)OCC(=O)c2cc(C)n(-c3ccc4c(c3)OCO4)c2C)c([N+](=O)[O-])cc1OC. The zero-order valence-electron chi connectivity index (χ0n) is 19.4. The Kier molecular flexibility index (Phi) is 6.32. The van der Waals surface area contributed by atoms with E-state index in [0.29, 0.717) is 22.8 Å². The number of hydrogen-bond acceptors (Lipinski definition) is 9. The molecule has 0 fully saturated rings. The van der Waals surface area contributed by atoms with Crippen molar-refractivity contribution in [2.45, 2.75) is 13.8 Å².